The number of aromatic nitrogens is 2. The largest absolute Gasteiger partial charge is 0.312 e. The third kappa shape index (κ3) is 3.47. The fourth-order valence-electron chi connectivity index (χ4n) is 7.31. The van der Waals surface area contributed by atoms with Crippen molar-refractivity contribution in [2.24, 2.45) is 0 Å². The van der Waals surface area contributed by atoms with Crippen LogP contribution in [0.3, 0.4) is 0 Å². The maximum Gasteiger partial charge on any atom is 0.0562 e. The lowest BCUT2D eigenvalue weighted by Gasteiger charge is -2.19. The molecule has 6 aromatic carbocycles. The minimum atomic E-state index is -0.0978. The van der Waals surface area contributed by atoms with Gasteiger partial charge in [-0.1, -0.05) is 111 Å². The van der Waals surface area contributed by atoms with E-state index in [1.54, 1.807) is 0 Å². The van der Waals surface area contributed by atoms with Gasteiger partial charge in [-0.25, -0.2) is 0 Å². The molecule has 0 atom stereocenters. The van der Waals surface area contributed by atoms with Crippen molar-refractivity contribution >= 4 is 32.7 Å². The predicted molar refractivity (Wildman–Crippen MR) is 181 cm³/mol. The van der Waals surface area contributed by atoms with E-state index in [0.717, 1.165) is 0 Å². The number of nitrogens with zero attached hydrogens (tertiary/aromatic N) is 2. The van der Waals surface area contributed by atoms with Gasteiger partial charge in [-0.3, -0.25) is 0 Å². The molecule has 43 heavy (non-hydrogen) atoms. The Labute approximate surface area is 251 Å². The van der Waals surface area contributed by atoms with E-state index in [0.29, 0.717) is 0 Å². The highest BCUT2D eigenvalue weighted by Gasteiger charge is 2.38. The summed E-state index contributed by atoms with van der Waals surface area (Å²) in [6.07, 6.45) is 0. The second kappa shape index (κ2) is 8.83. The summed E-state index contributed by atoms with van der Waals surface area (Å²) < 4.78 is 4.96. The van der Waals surface area contributed by atoms with Gasteiger partial charge in [0.15, 0.2) is 0 Å². The quantitative estimate of drug-likeness (QED) is 0.207. The molecule has 2 nitrogen and oxygen atoms in total. The third-order valence-corrected chi connectivity index (χ3v) is 9.45. The van der Waals surface area contributed by atoms with E-state index in [-0.39, 0.29) is 5.41 Å². The van der Waals surface area contributed by atoms with Crippen LogP contribution in [0.5, 0.6) is 0 Å². The molecule has 0 aliphatic carbocycles. The Kier molecular flexibility index (Phi) is 4.99. The minimum absolute atomic E-state index is 0.0978. The lowest BCUT2D eigenvalue weighted by molar-refractivity contribution is 0.645. The Balaban J connectivity index is 1.38. The standard InChI is InChI=1S/C41H30N2/c1-41(2)35-25-34-33-18-10-12-20-37(33)42(38(34)26-39(35)43-36-19-11-9-17-29(36)24-40(41)43)32-22-30(27-13-5-3-6-14-27)21-31(23-32)28-15-7-4-8-16-28/h3-26H,1-2H3. The maximum atomic E-state index is 2.49. The molecule has 0 radical (unpaired) electrons. The molecule has 0 N–H and O–H groups in total. The Hall–Kier alpha value is -5.34. The second-order valence-electron chi connectivity index (χ2n) is 12.3. The van der Waals surface area contributed by atoms with E-state index in [9.17, 15) is 0 Å². The van der Waals surface area contributed by atoms with Crippen LogP contribution in [0.15, 0.2) is 146 Å². The molecule has 204 valence electrons. The van der Waals surface area contributed by atoms with Gasteiger partial charge in [0, 0.05) is 33.0 Å². The molecular weight excluding hydrogens is 520 g/mol. The fourth-order valence-corrected chi connectivity index (χ4v) is 7.31. The molecule has 0 unspecified atom stereocenters. The fraction of sp³-hybridized carbons (Fsp3) is 0.0732. The van der Waals surface area contributed by atoms with Gasteiger partial charge in [0.05, 0.1) is 22.2 Å². The molecule has 3 heterocycles. The summed E-state index contributed by atoms with van der Waals surface area (Å²) in [6, 6.07) is 53.4. The molecular formula is C41H30N2. The minimum Gasteiger partial charge on any atom is -0.312 e. The zero-order chi connectivity index (χ0) is 28.7. The van der Waals surface area contributed by atoms with Crippen LogP contribution in [0.25, 0.3) is 66.3 Å². The number of rotatable bonds is 3. The van der Waals surface area contributed by atoms with E-state index in [1.807, 2.05) is 0 Å². The van der Waals surface area contributed by atoms with Crippen molar-refractivity contribution in [1.29, 1.82) is 0 Å². The molecule has 0 saturated carbocycles. The number of para-hydroxylation sites is 2. The normalized spacial score (nSPS) is 13.5. The molecule has 0 fully saturated rings. The summed E-state index contributed by atoms with van der Waals surface area (Å²) in [5, 5.41) is 3.87. The summed E-state index contributed by atoms with van der Waals surface area (Å²) in [6.45, 7) is 4.73. The van der Waals surface area contributed by atoms with Crippen LogP contribution in [0.1, 0.15) is 25.1 Å². The Morgan fingerprint density at radius 3 is 1.74 bits per heavy atom. The van der Waals surface area contributed by atoms with Crippen molar-refractivity contribution in [1.82, 2.24) is 9.13 Å². The van der Waals surface area contributed by atoms with Gasteiger partial charge in [-0.05, 0) is 76.3 Å². The molecule has 0 saturated heterocycles. The van der Waals surface area contributed by atoms with E-state index in [2.05, 4.69) is 169 Å². The highest BCUT2D eigenvalue weighted by atomic mass is 15.0. The summed E-state index contributed by atoms with van der Waals surface area (Å²) in [7, 11) is 0. The topological polar surface area (TPSA) is 9.86 Å². The van der Waals surface area contributed by atoms with Gasteiger partial charge < -0.3 is 9.13 Å². The number of hydrogen-bond acceptors (Lipinski definition) is 0. The van der Waals surface area contributed by atoms with Crippen LogP contribution in [-0.4, -0.2) is 9.13 Å². The first kappa shape index (κ1) is 24.3. The smallest absolute Gasteiger partial charge is 0.0562 e. The molecule has 2 heteroatoms. The molecule has 0 spiro atoms. The van der Waals surface area contributed by atoms with Gasteiger partial charge in [-0.2, -0.15) is 0 Å². The van der Waals surface area contributed by atoms with Crippen molar-refractivity contribution < 1.29 is 0 Å². The molecule has 2 aromatic heterocycles. The van der Waals surface area contributed by atoms with Crippen LogP contribution in [0.2, 0.25) is 0 Å². The van der Waals surface area contributed by atoms with Crippen molar-refractivity contribution in [2.45, 2.75) is 19.3 Å². The van der Waals surface area contributed by atoms with Crippen LogP contribution < -0.4 is 0 Å². The lowest BCUT2D eigenvalue weighted by atomic mass is 9.82. The van der Waals surface area contributed by atoms with Crippen LogP contribution in [0, 0.1) is 0 Å². The molecule has 8 aromatic rings. The second-order valence-corrected chi connectivity index (χ2v) is 12.3. The Morgan fingerprint density at radius 1 is 0.442 bits per heavy atom. The van der Waals surface area contributed by atoms with E-state index in [1.165, 1.54) is 77.6 Å². The average Bonchev–Trinajstić information content (AvgIpc) is 3.67. The molecule has 1 aliphatic heterocycles. The average molecular weight is 551 g/mol. The number of hydrogen-bond donors (Lipinski definition) is 0. The van der Waals surface area contributed by atoms with Gasteiger partial charge in [0.1, 0.15) is 0 Å². The van der Waals surface area contributed by atoms with Gasteiger partial charge in [-0.15, -0.1) is 0 Å². The Morgan fingerprint density at radius 2 is 1.05 bits per heavy atom. The molecule has 1 aliphatic rings. The van der Waals surface area contributed by atoms with Crippen molar-refractivity contribution in [2.75, 3.05) is 0 Å². The van der Waals surface area contributed by atoms with E-state index < -0.39 is 0 Å². The first-order valence-electron chi connectivity index (χ1n) is 15.0. The first-order chi connectivity index (χ1) is 21.1. The predicted octanol–water partition coefficient (Wildman–Crippen LogP) is 10.7. The summed E-state index contributed by atoms with van der Waals surface area (Å²) in [5.74, 6) is 0. The Bertz CT molecular complexity index is 2290. The third-order valence-electron chi connectivity index (χ3n) is 9.45. The highest BCUT2D eigenvalue weighted by molar-refractivity contribution is 6.11. The van der Waals surface area contributed by atoms with Gasteiger partial charge in [0.2, 0.25) is 0 Å². The van der Waals surface area contributed by atoms with Crippen molar-refractivity contribution in [3.63, 3.8) is 0 Å². The molecule has 9 rings (SSSR count). The SMILES string of the molecule is CC1(C)c2cc3c4ccccc4n(-c4cc(-c5ccccc5)cc(-c5ccccc5)c4)c3cc2-n2c1cc1ccccc12. The van der Waals surface area contributed by atoms with Gasteiger partial charge in [0.25, 0.3) is 0 Å². The first-order valence-corrected chi connectivity index (χ1v) is 15.0. The van der Waals surface area contributed by atoms with Gasteiger partial charge >= 0.3 is 0 Å². The summed E-state index contributed by atoms with van der Waals surface area (Å²) in [4.78, 5) is 0. The lowest BCUT2D eigenvalue weighted by Crippen LogP contribution is -2.15. The summed E-state index contributed by atoms with van der Waals surface area (Å²) >= 11 is 0. The highest BCUT2D eigenvalue weighted by Crippen LogP contribution is 2.48. The van der Waals surface area contributed by atoms with Crippen LogP contribution in [-0.2, 0) is 5.41 Å². The zero-order valence-corrected chi connectivity index (χ0v) is 24.3. The van der Waals surface area contributed by atoms with Crippen LogP contribution >= 0.6 is 0 Å². The van der Waals surface area contributed by atoms with E-state index >= 15 is 0 Å². The number of fused-ring (bicyclic) bond motifs is 8. The summed E-state index contributed by atoms with van der Waals surface area (Å²) in [5.41, 5.74) is 13.7. The number of benzene rings is 6. The van der Waals surface area contributed by atoms with E-state index in [4.69, 9.17) is 0 Å². The molecule has 0 bridgehead atoms. The monoisotopic (exact) mass is 550 g/mol. The molecule has 0 amide bonds. The maximum absolute atomic E-state index is 2.49. The van der Waals surface area contributed by atoms with Crippen LogP contribution in [0.4, 0.5) is 0 Å². The van der Waals surface area contributed by atoms with Crippen molar-refractivity contribution in [3.8, 4) is 33.6 Å². The van der Waals surface area contributed by atoms with Crippen molar-refractivity contribution in [3.05, 3.63) is 157 Å². The zero-order valence-electron chi connectivity index (χ0n) is 24.3.